The number of hydrogen-bond acceptors (Lipinski definition) is 4. The molecule has 37 heavy (non-hydrogen) atoms. The zero-order valence-corrected chi connectivity index (χ0v) is 23.0. The number of anilines is 1. The third kappa shape index (κ3) is 4.90. The fourth-order valence-electron chi connectivity index (χ4n) is 5.28. The van der Waals surface area contributed by atoms with Crippen LogP contribution in [0.2, 0.25) is 0 Å². The predicted octanol–water partition coefficient (Wildman–Crippen LogP) is 7.91. The quantitative estimate of drug-likeness (QED) is 0.236. The van der Waals surface area contributed by atoms with E-state index in [0.29, 0.717) is 11.2 Å². The number of nitrogens with one attached hydrogen (secondary N) is 1. The highest BCUT2D eigenvalue weighted by Gasteiger charge is 2.42. The SMILES string of the molecule is Cc1ccc(-c2ccc([C@H]3[C@@H](c4ccccn4)NC(=S)N3c3ccc(OC4CCCC4)cc3)o2)c(Br)c1. The van der Waals surface area contributed by atoms with E-state index in [1.165, 1.54) is 18.4 Å². The van der Waals surface area contributed by atoms with E-state index >= 15 is 0 Å². The van der Waals surface area contributed by atoms with Crippen LogP contribution in [0.25, 0.3) is 11.3 Å². The Balaban J connectivity index is 1.36. The summed E-state index contributed by atoms with van der Waals surface area (Å²) in [5.74, 6) is 2.52. The average Bonchev–Trinajstić information content (AvgIpc) is 3.66. The van der Waals surface area contributed by atoms with Gasteiger partial charge in [-0.1, -0.05) is 28.1 Å². The second-order valence-electron chi connectivity index (χ2n) is 9.70. The maximum atomic E-state index is 6.51. The van der Waals surface area contributed by atoms with Crippen molar-refractivity contribution in [2.75, 3.05) is 4.90 Å². The summed E-state index contributed by atoms with van der Waals surface area (Å²) in [6.45, 7) is 2.08. The standard InChI is InChI=1S/C30H28BrN3O2S/c1-19-9-14-23(24(31)18-19)26-15-16-27(36-26)29-28(25-8-4-5-17-32-25)33-30(37)34(29)20-10-12-22(13-11-20)35-21-6-2-3-7-21/h4-5,8-18,21,28-29H,2-3,6-7H2,1H3,(H,33,37)/t28-,29+/m1/s1. The number of thiocarbonyl (C=S) groups is 1. The molecule has 2 aromatic heterocycles. The number of halogens is 1. The summed E-state index contributed by atoms with van der Waals surface area (Å²) in [6.07, 6.45) is 6.89. The number of aromatic nitrogens is 1. The molecule has 2 aliphatic rings. The van der Waals surface area contributed by atoms with Crippen LogP contribution in [-0.2, 0) is 0 Å². The Bertz CT molecular complexity index is 1400. The van der Waals surface area contributed by atoms with E-state index in [0.717, 1.165) is 51.5 Å². The van der Waals surface area contributed by atoms with Crippen LogP contribution in [0.1, 0.15) is 54.8 Å². The van der Waals surface area contributed by atoms with Crippen molar-refractivity contribution in [1.29, 1.82) is 0 Å². The van der Waals surface area contributed by atoms with Gasteiger partial charge in [0.05, 0.1) is 17.8 Å². The lowest BCUT2D eigenvalue weighted by atomic mass is 10.0. The van der Waals surface area contributed by atoms with Crippen molar-refractivity contribution in [1.82, 2.24) is 10.3 Å². The maximum absolute atomic E-state index is 6.51. The van der Waals surface area contributed by atoms with Gasteiger partial charge in [0.2, 0.25) is 0 Å². The summed E-state index contributed by atoms with van der Waals surface area (Å²) in [6, 6.07) is 24.1. The van der Waals surface area contributed by atoms with Gasteiger partial charge in [-0.25, -0.2) is 0 Å². The molecule has 5 nitrogen and oxygen atoms in total. The number of rotatable bonds is 6. The summed E-state index contributed by atoms with van der Waals surface area (Å²) in [7, 11) is 0. The van der Waals surface area contributed by atoms with E-state index in [2.05, 4.69) is 68.4 Å². The van der Waals surface area contributed by atoms with Gasteiger partial charge in [-0.15, -0.1) is 0 Å². The van der Waals surface area contributed by atoms with Gasteiger partial charge in [-0.3, -0.25) is 4.98 Å². The molecule has 2 aromatic carbocycles. The molecule has 1 saturated heterocycles. The molecule has 3 heterocycles. The molecule has 0 radical (unpaired) electrons. The van der Waals surface area contributed by atoms with E-state index in [-0.39, 0.29) is 12.1 Å². The highest BCUT2D eigenvalue weighted by molar-refractivity contribution is 9.10. The number of hydrogen-bond donors (Lipinski definition) is 1. The number of furan rings is 1. The van der Waals surface area contributed by atoms with Gasteiger partial charge in [-0.05, 0) is 111 Å². The monoisotopic (exact) mass is 573 g/mol. The number of pyridine rings is 1. The first-order valence-electron chi connectivity index (χ1n) is 12.7. The second kappa shape index (κ2) is 10.3. The first-order valence-corrected chi connectivity index (χ1v) is 13.9. The van der Waals surface area contributed by atoms with Crippen molar-refractivity contribution >= 4 is 38.9 Å². The fraction of sp³-hybridized carbons (Fsp3) is 0.267. The highest BCUT2D eigenvalue weighted by atomic mass is 79.9. The van der Waals surface area contributed by atoms with Crippen LogP contribution in [0.3, 0.4) is 0 Å². The number of aryl methyl sites for hydroxylation is 1. The van der Waals surface area contributed by atoms with E-state index in [9.17, 15) is 0 Å². The Morgan fingerprint density at radius 3 is 2.57 bits per heavy atom. The molecule has 7 heteroatoms. The molecule has 6 rings (SSSR count). The Labute approximate surface area is 231 Å². The van der Waals surface area contributed by atoms with Gasteiger partial charge >= 0.3 is 0 Å². The van der Waals surface area contributed by atoms with E-state index in [1.807, 2.05) is 48.7 Å². The van der Waals surface area contributed by atoms with Gasteiger partial charge in [0.25, 0.3) is 0 Å². The minimum atomic E-state index is -0.207. The van der Waals surface area contributed by atoms with Gasteiger partial charge in [0, 0.05) is 21.9 Å². The third-order valence-corrected chi connectivity index (χ3v) is 8.10. The number of benzene rings is 2. The highest BCUT2D eigenvalue weighted by Crippen LogP contribution is 2.44. The summed E-state index contributed by atoms with van der Waals surface area (Å²) >= 11 is 9.56. The molecule has 1 N–H and O–H groups in total. The van der Waals surface area contributed by atoms with Crippen LogP contribution < -0.4 is 15.0 Å². The molecular formula is C30H28BrN3O2S. The van der Waals surface area contributed by atoms with Gasteiger partial charge in [0.1, 0.15) is 23.3 Å². The third-order valence-electron chi connectivity index (χ3n) is 7.13. The zero-order valence-electron chi connectivity index (χ0n) is 20.6. The van der Waals surface area contributed by atoms with Crippen LogP contribution in [0.15, 0.2) is 87.9 Å². The summed E-state index contributed by atoms with van der Waals surface area (Å²) in [5.41, 5.74) is 4.09. The van der Waals surface area contributed by atoms with Crippen molar-refractivity contribution in [3.05, 3.63) is 100 Å². The number of ether oxygens (including phenoxy) is 1. The van der Waals surface area contributed by atoms with Crippen molar-refractivity contribution in [3.8, 4) is 17.1 Å². The van der Waals surface area contributed by atoms with E-state index in [1.54, 1.807) is 0 Å². The van der Waals surface area contributed by atoms with Crippen LogP contribution in [0.5, 0.6) is 5.75 Å². The van der Waals surface area contributed by atoms with Crippen LogP contribution in [0, 0.1) is 6.92 Å². The molecular weight excluding hydrogens is 546 g/mol. The molecule has 188 valence electrons. The minimum Gasteiger partial charge on any atom is -0.490 e. The lowest BCUT2D eigenvalue weighted by Gasteiger charge is -2.26. The Morgan fingerprint density at radius 1 is 1.03 bits per heavy atom. The number of nitrogens with zero attached hydrogens (tertiary/aromatic N) is 2. The lowest BCUT2D eigenvalue weighted by Crippen LogP contribution is -2.29. The van der Waals surface area contributed by atoms with Gasteiger partial charge in [0.15, 0.2) is 5.11 Å². The molecule has 4 aromatic rings. The predicted molar refractivity (Wildman–Crippen MR) is 154 cm³/mol. The van der Waals surface area contributed by atoms with Crippen molar-refractivity contribution in [2.24, 2.45) is 0 Å². The van der Waals surface area contributed by atoms with Gasteiger partial charge < -0.3 is 19.4 Å². The largest absolute Gasteiger partial charge is 0.490 e. The van der Waals surface area contributed by atoms with E-state index < -0.39 is 0 Å². The summed E-state index contributed by atoms with van der Waals surface area (Å²) < 4.78 is 13.7. The van der Waals surface area contributed by atoms with E-state index in [4.69, 9.17) is 21.4 Å². The molecule has 0 spiro atoms. The second-order valence-corrected chi connectivity index (χ2v) is 10.9. The Morgan fingerprint density at radius 2 is 1.84 bits per heavy atom. The molecule has 0 unspecified atom stereocenters. The fourth-order valence-corrected chi connectivity index (χ4v) is 6.32. The molecule has 1 saturated carbocycles. The molecule has 2 atom stereocenters. The smallest absolute Gasteiger partial charge is 0.174 e. The normalized spacial score (nSPS) is 19.8. The molecule has 0 bridgehead atoms. The van der Waals surface area contributed by atoms with Crippen molar-refractivity contribution < 1.29 is 9.15 Å². The Hall–Kier alpha value is -3.16. The molecule has 1 aliphatic heterocycles. The van der Waals surface area contributed by atoms with Crippen molar-refractivity contribution in [2.45, 2.75) is 50.8 Å². The van der Waals surface area contributed by atoms with Crippen LogP contribution >= 0.6 is 28.1 Å². The first kappa shape index (κ1) is 24.2. The van der Waals surface area contributed by atoms with Gasteiger partial charge in [-0.2, -0.15) is 0 Å². The average molecular weight is 575 g/mol. The topological polar surface area (TPSA) is 50.5 Å². The maximum Gasteiger partial charge on any atom is 0.174 e. The summed E-state index contributed by atoms with van der Waals surface area (Å²) in [4.78, 5) is 6.77. The molecule has 2 fully saturated rings. The first-order chi connectivity index (χ1) is 18.1. The molecule has 0 amide bonds. The van der Waals surface area contributed by atoms with Crippen molar-refractivity contribution in [3.63, 3.8) is 0 Å². The Kier molecular flexibility index (Phi) is 6.74. The van der Waals surface area contributed by atoms with Crippen LogP contribution in [-0.4, -0.2) is 16.2 Å². The minimum absolute atomic E-state index is 0.163. The molecule has 1 aliphatic carbocycles. The summed E-state index contributed by atoms with van der Waals surface area (Å²) in [5, 5.41) is 4.14. The zero-order chi connectivity index (χ0) is 25.4. The van der Waals surface area contributed by atoms with Crippen LogP contribution in [0.4, 0.5) is 5.69 Å². The lowest BCUT2D eigenvalue weighted by molar-refractivity contribution is 0.210.